The minimum Gasteiger partial charge on any atom is -0.257 e. The molecule has 0 aliphatic heterocycles. The second kappa shape index (κ2) is 4.80. The van der Waals surface area contributed by atoms with Gasteiger partial charge in [-0.15, -0.1) is 0 Å². The molecule has 1 fully saturated rings. The molecule has 1 nitrogen and oxygen atoms in total. The van der Waals surface area contributed by atoms with Gasteiger partial charge in [-0.1, -0.05) is 37.8 Å². The van der Waals surface area contributed by atoms with Crippen molar-refractivity contribution in [3.05, 3.63) is 12.0 Å². The van der Waals surface area contributed by atoms with E-state index in [0.29, 0.717) is 0 Å². The molecule has 0 spiro atoms. The third-order valence-electron chi connectivity index (χ3n) is 1.92. The molecule has 0 aromatic carbocycles. The van der Waals surface area contributed by atoms with Crippen molar-refractivity contribution < 1.29 is 0 Å². The highest BCUT2D eigenvalue weighted by atomic mass is 32.2. The molecule has 1 aliphatic rings. The van der Waals surface area contributed by atoms with E-state index in [2.05, 4.69) is 11.3 Å². The first kappa shape index (κ1) is 8.15. The molecule has 1 rings (SSSR count). The van der Waals surface area contributed by atoms with Crippen LogP contribution in [0.1, 0.15) is 32.1 Å². The molecule has 1 aliphatic carbocycles. The van der Waals surface area contributed by atoms with Crippen LogP contribution >= 0.6 is 11.9 Å². The van der Waals surface area contributed by atoms with E-state index in [-0.39, 0.29) is 0 Å². The predicted octanol–water partition coefficient (Wildman–Crippen LogP) is 2.70. The van der Waals surface area contributed by atoms with Gasteiger partial charge in [-0.05, 0) is 18.2 Å². The molecule has 0 unspecified atom stereocenters. The molecule has 0 radical (unpaired) electrons. The summed E-state index contributed by atoms with van der Waals surface area (Å²) in [6.45, 7) is 3.65. The van der Waals surface area contributed by atoms with Crippen LogP contribution in [-0.2, 0) is 0 Å². The fourth-order valence-corrected chi connectivity index (χ4v) is 1.89. The fourth-order valence-electron chi connectivity index (χ4n) is 1.36. The molecule has 58 valence electrons. The summed E-state index contributed by atoms with van der Waals surface area (Å²) in [6.07, 6.45) is 6.92. The summed E-state index contributed by atoms with van der Waals surface area (Å²) >= 11 is 1.63. The molecule has 2 heteroatoms. The number of nitrogens with one attached hydrogen (secondary N) is 1. The van der Waals surface area contributed by atoms with Gasteiger partial charge in [0.1, 0.15) is 0 Å². The Labute approximate surface area is 67.4 Å². The molecule has 1 saturated carbocycles. The van der Waals surface area contributed by atoms with E-state index < -0.39 is 0 Å². The average molecular weight is 157 g/mol. The van der Waals surface area contributed by atoms with Crippen molar-refractivity contribution >= 4 is 11.9 Å². The maximum absolute atomic E-state index is 3.65. The van der Waals surface area contributed by atoms with Crippen LogP contribution in [0.4, 0.5) is 0 Å². The molecule has 0 atom stereocenters. The highest BCUT2D eigenvalue weighted by Gasteiger charge is 2.11. The lowest BCUT2D eigenvalue weighted by Crippen LogP contribution is -2.24. The maximum atomic E-state index is 3.65. The largest absolute Gasteiger partial charge is 0.257 e. The lowest BCUT2D eigenvalue weighted by atomic mass is 9.96. The first-order valence-electron chi connectivity index (χ1n) is 3.95. The molecule has 0 saturated heterocycles. The Bertz CT molecular complexity index is 97.4. The van der Waals surface area contributed by atoms with E-state index in [4.69, 9.17) is 0 Å². The van der Waals surface area contributed by atoms with Gasteiger partial charge >= 0.3 is 0 Å². The van der Waals surface area contributed by atoms with E-state index in [1.54, 1.807) is 11.9 Å². The zero-order valence-corrected chi connectivity index (χ0v) is 7.12. The second-order valence-corrected chi connectivity index (χ2v) is 3.54. The average Bonchev–Trinajstić information content (AvgIpc) is 2.03. The standard InChI is InChI=1S/C8H15NS/c1-2-10-9-8-6-4-3-5-7-8/h2,8-9H,1,3-7H2. The van der Waals surface area contributed by atoms with Gasteiger partial charge in [0.15, 0.2) is 0 Å². The Kier molecular flexibility index (Phi) is 3.91. The van der Waals surface area contributed by atoms with Crippen LogP contribution in [0.2, 0.25) is 0 Å². The van der Waals surface area contributed by atoms with Crippen LogP contribution in [0.5, 0.6) is 0 Å². The second-order valence-electron chi connectivity index (χ2n) is 2.74. The van der Waals surface area contributed by atoms with Crippen LogP contribution in [0.3, 0.4) is 0 Å². The van der Waals surface area contributed by atoms with Crippen LogP contribution in [0.25, 0.3) is 0 Å². The Hall–Kier alpha value is 0.0500. The summed E-state index contributed by atoms with van der Waals surface area (Å²) in [5.41, 5.74) is 0. The molecular formula is C8H15NS. The van der Waals surface area contributed by atoms with Crippen molar-refractivity contribution in [2.75, 3.05) is 0 Å². The van der Waals surface area contributed by atoms with Crippen LogP contribution < -0.4 is 4.72 Å². The third-order valence-corrected chi connectivity index (χ3v) is 2.56. The number of hydrogen-bond acceptors (Lipinski definition) is 2. The summed E-state index contributed by atoms with van der Waals surface area (Å²) in [5.74, 6) is 0. The Balaban J connectivity index is 2.07. The van der Waals surface area contributed by atoms with Gasteiger partial charge in [-0.2, -0.15) is 0 Å². The minimum atomic E-state index is 0.747. The molecule has 0 aromatic rings. The maximum Gasteiger partial charge on any atom is 0.0175 e. The van der Waals surface area contributed by atoms with Gasteiger partial charge in [0, 0.05) is 6.04 Å². The van der Waals surface area contributed by atoms with Gasteiger partial charge < -0.3 is 0 Å². The summed E-state index contributed by atoms with van der Waals surface area (Å²) in [5, 5.41) is 1.86. The van der Waals surface area contributed by atoms with Crippen molar-refractivity contribution in [3.63, 3.8) is 0 Å². The molecule has 0 aromatic heterocycles. The van der Waals surface area contributed by atoms with Crippen LogP contribution in [-0.4, -0.2) is 6.04 Å². The third kappa shape index (κ3) is 2.76. The molecule has 0 heterocycles. The first-order valence-corrected chi connectivity index (χ1v) is 4.83. The lowest BCUT2D eigenvalue weighted by molar-refractivity contribution is 0.424. The Morgan fingerprint density at radius 3 is 2.60 bits per heavy atom. The van der Waals surface area contributed by atoms with E-state index in [0.717, 1.165) is 6.04 Å². The quantitative estimate of drug-likeness (QED) is 0.632. The number of rotatable bonds is 3. The van der Waals surface area contributed by atoms with E-state index >= 15 is 0 Å². The van der Waals surface area contributed by atoms with Crippen molar-refractivity contribution in [2.45, 2.75) is 38.1 Å². The Morgan fingerprint density at radius 1 is 1.30 bits per heavy atom. The molecule has 1 N–H and O–H groups in total. The summed E-state index contributed by atoms with van der Waals surface area (Å²) < 4.78 is 3.37. The van der Waals surface area contributed by atoms with Gasteiger partial charge in [-0.3, -0.25) is 4.72 Å². The highest BCUT2D eigenvalue weighted by molar-refractivity contribution is 8.00. The van der Waals surface area contributed by atoms with Crippen molar-refractivity contribution in [2.24, 2.45) is 0 Å². The molecular weight excluding hydrogens is 142 g/mol. The monoisotopic (exact) mass is 157 g/mol. The van der Waals surface area contributed by atoms with Gasteiger partial charge in [0.25, 0.3) is 0 Å². The van der Waals surface area contributed by atoms with E-state index in [1.807, 2.05) is 5.41 Å². The summed E-state index contributed by atoms with van der Waals surface area (Å²) in [6, 6.07) is 0.747. The zero-order chi connectivity index (χ0) is 7.23. The fraction of sp³-hybridized carbons (Fsp3) is 0.750. The first-order chi connectivity index (χ1) is 4.93. The van der Waals surface area contributed by atoms with Crippen molar-refractivity contribution in [3.8, 4) is 0 Å². The van der Waals surface area contributed by atoms with Crippen LogP contribution in [0, 0.1) is 0 Å². The molecule has 10 heavy (non-hydrogen) atoms. The highest BCUT2D eigenvalue weighted by Crippen LogP contribution is 2.18. The van der Waals surface area contributed by atoms with E-state index in [1.165, 1.54) is 32.1 Å². The van der Waals surface area contributed by atoms with Crippen molar-refractivity contribution in [1.29, 1.82) is 0 Å². The van der Waals surface area contributed by atoms with Gasteiger partial charge in [0.2, 0.25) is 0 Å². The summed E-state index contributed by atoms with van der Waals surface area (Å²) in [4.78, 5) is 0. The van der Waals surface area contributed by atoms with Crippen molar-refractivity contribution in [1.82, 2.24) is 4.72 Å². The van der Waals surface area contributed by atoms with Crippen LogP contribution in [0.15, 0.2) is 12.0 Å². The smallest absolute Gasteiger partial charge is 0.0175 e. The normalized spacial score (nSPS) is 20.8. The van der Waals surface area contributed by atoms with E-state index in [9.17, 15) is 0 Å². The van der Waals surface area contributed by atoms with Gasteiger partial charge in [0.05, 0.1) is 0 Å². The summed E-state index contributed by atoms with van der Waals surface area (Å²) in [7, 11) is 0. The Morgan fingerprint density at radius 2 is 2.00 bits per heavy atom. The topological polar surface area (TPSA) is 12.0 Å². The number of hydrogen-bond donors (Lipinski definition) is 1. The lowest BCUT2D eigenvalue weighted by Gasteiger charge is -2.21. The zero-order valence-electron chi connectivity index (χ0n) is 6.31. The molecule has 0 bridgehead atoms. The predicted molar refractivity (Wildman–Crippen MR) is 47.8 cm³/mol. The molecule has 0 amide bonds. The minimum absolute atomic E-state index is 0.747. The SMILES string of the molecule is C=CSNC1CCCCC1. The van der Waals surface area contributed by atoms with Gasteiger partial charge in [-0.25, -0.2) is 0 Å².